The Morgan fingerprint density at radius 3 is 2.31 bits per heavy atom. The summed E-state index contributed by atoms with van der Waals surface area (Å²) in [5.74, 6) is -3.52. The van der Waals surface area contributed by atoms with E-state index in [9.17, 15) is 22.8 Å². The van der Waals surface area contributed by atoms with Crippen molar-refractivity contribution in [2.75, 3.05) is 6.61 Å². The summed E-state index contributed by atoms with van der Waals surface area (Å²) in [5, 5.41) is 0.261. The molecule has 4 rings (SSSR count). The number of para-hydroxylation sites is 1. The summed E-state index contributed by atoms with van der Waals surface area (Å²) in [6.07, 6.45) is -5.07. The van der Waals surface area contributed by atoms with Gasteiger partial charge in [-0.05, 0) is 48.5 Å². The highest BCUT2D eigenvalue weighted by Crippen LogP contribution is 2.39. The number of carbonyl (C=O) groups excluding carboxylic acids is 1. The maximum atomic E-state index is 13.7. The standard InChI is InChI=1S/C24H13Cl2F3O6/c25-13-5-7-14(8-6-13)32-12-20(30)33-15-9-10-16-19(11-15)35-23(24(27,28)29)22(21(16)31)34-18-4-2-1-3-17(18)26/h1-11H,12H2. The van der Waals surface area contributed by atoms with E-state index in [1.54, 1.807) is 30.3 Å². The van der Waals surface area contributed by atoms with Crippen LogP contribution in [-0.4, -0.2) is 12.6 Å². The molecule has 6 nitrogen and oxygen atoms in total. The number of carbonyl (C=O) groups is 1. The van der Waals surface area contributed by atoms with Crippen LogP contribution in [0.3, 0.4) is 0 Å². The smallest absolute Gasteiger partial charge is 0.453 e. The van der Waals surface area contributed by atoms with E-state index in [2.05, 4.69) is 0 Å². The SMILES string of the molecule is O=C(COc1ccc(Cl)cc1)Oc1ccc2c(=O)c(Oc3ccccc3Cl)c(C(F)(F)F)oc2c1. The molecule has 0 saturated heterocycles. The van der Waals surface area contributed by atoms with E-state index < -0.39 is 41.3 Å². The van der Waals surface area contributed by atoms with Crippen molar-refractivity contribution in [3.05, 3.63) is 92.8 Å². The van der Waals surface area contributed by atoms with Crippen molar-refractivity contribution in [2.45, 2.75) is 6.18 Å². The maximum Gasteiger partial charge on any atom is 0.453 e. The third kappa shape index (κ3) is 5.70. The molecule has 4 aromatic rings. The minimum Gasteiger partial charge on any atom is -0.482 e. The number of alkyl halides is 3. The summed E-state index contributed by atoms with van der Waals surface area (Å²) in [6, 6.07) is 15.3. The molecule has 0 fully saturated rings. The highest BCUT2D eigenvalue weighted by molar-refractivity contribution is 6.32. The first-order valence-electron chi connectivity index (χ1n) is 9.81. The zero-order valence-electron chi connectivity index (χ0n) is 17.4. The van der Waals surface area contributed by atoms with Gasteiger partial charge in [0.25, 0.3) is 5.76 Å². The number of hydrogen-bond donors (Lipinski definition) is 0. The fourth-order valence-corrected chi connectivity index (χ4v) is 3.27. The molecule has 0 aliphatic rings. The van der Waals surface area contributed by atoms with Crippen molar-refractivity contribution in [3.8, 4) is 23.0 Å². The van der Waals surface area contributed by atoms with Crippen LogP contribution in [0.15, 0.2) is 75.9 Å². The number of fused-ring (bicyclic) bond motifs is 1. The molecule has 0 atom stereocenters. The summed E-state index contributed by atoms with van der Waals surface area (Å²) in [7, 11) is 0. The molecule has 3 aromatic carbocycles. The average molecular weight is 525 g/mol. The molecule has 0 amide bonds. The van der Waals surface area contributed by atoms with Gasteiger partial charge in [-0.25, -0.2) is 4.79 Å². The van der Waals surface area contributed by atoms with Crippen LogP contribution in [-0.2, 0) is 11.0 Å². The van der Waals surface area contributed by atoms with E-state index >= 15 is 0 Å². The number of halogens is 5. The van der Waals surface area contributed by atoms with Crippen LogP contribution in [0, 0.1) is 0 Å². The molecule has 0 bridgehead atoms. The van der Waals surface area contributed by atoms with Crippen molar-refractivity contribution < 1.29 is 36.6 Å². The predicted molar refractivity (Wildman–Crippen MR) is 122 cm³/mol. The molecule has 0 saturated carbocycles. The van der Waals surface area contributed by atoms with Crippen LogP contribution in [0.25, 0.3) is 11.0 Å². The molecular formula is C24H13Cl2F3O6. The largest absolute Gasteiger partial charge is 0.482 e. The van der Waals surface area contributed by atoms with Gasteiger partial charge in [-0.1, -0.05) is 35.3 Å². The quantitative estimate of drug-likeness (QED) is 0.202. The second-order valence-electron chi connectivity index (χ2n) is 6.99. The first-order valence-corrected chi connectivity index (χ1v) is 10.6. The topological polar surface area (TPSA) is 75.0 Å². The number of hydrogen-bond acceptors (Lipinski definition) is 6. The summed E-state index contributed by atoms with van der Waals surface area (Å²) < 4.78 is 61.7. The van der Waals surface area contributed by atoms with Crippen molar-refractivity contribution in [3.63, 3.8) is 0 Å². The van der Waals surface area contributed by atoms with Gasteiger partial charge in [-0.2, -0.15) is 13.2 Å². The highest BCUT2D eigenvalue weighted by Gasteiger charge is 2.40. The molecule has 35 heavy (non-hydrogen) atoms. The Kier molecular flexibility index (Phi) is 6.90. The van der Waals surface area contributed by atoms with Gasteiger partial charge in [-0.3, -0.25) is 4.79 Å². The van der Waals surface area contributed by atoms with E-state index in [4.69, 9.17) is 41.8 Å². The van der Waals surface area contributed by atoms with Crippen LogP contribution in [0.2, 0.25) is 10.0 Å². The molecule has 0 aliphatic carbocycles. The predicted octanol–water partition coefficient (Wildman–Crippen LogP) is 6.90. The Balaban J connectivity index is 1.62. The van der Waals surface area contributed by atoms with E-state index in [1.165, 1.54) is 24.3 Å². The van der Waals surface area contributed by atoms with Gasteiger partial charge >= 0.3 is 12.1 Å². The third-order valence-electron chi connectivity index (χ3n) is 4.53. The number of ether oxygens (including phenoxy) is 3. The lowest BCUT2D eigenvalue weighted by Gasteiger charge is -2.14. The molecule has 0 unspecified atom stereocenters. The summed E-state index contributed by atoms with van der Waals surface area (Å²) in [6.45, 7) is -0.484. The summed E-state index contributed by atoms with van der Waals surface area (Å²) in [5.41, 5.74) is -1.54. The molecular weight excluding hydrogens is 512 g/mol. The van der Waals surface area contributed by atoms with Crippen molar-refractivity contribution in [1.82, 2.24) is 0 Å². The monoisotopic (exact) mass is 524 g/mol. The second-order valence-corrected chi connectivity index (χ2v) is 7.84. The van der Waals surface area contributed by atoms with E-state index in [0.717, 1.165) is 12.1 Å². The van der Waals surface area contributed by atoms with Gasteiger partial charge in [0.15, 0.2) is 6.61 Å². The Labute approximate surface area is 205 Å². The first-order chi connectivity index (χ1) is 16.6. The zero-order valence-corrected chi connectivity index (χ0v) is 18.9. The van der Waals surface area contributed by atoms with Crippen LogP contribution in [0.1, 0.15) is 5.76 Å². The Morgan fingerprint density at radius 1 is 0.943 bits per heavy atom. The molecule has 1 heterocycles. The van der Waals surface area contributed by atoms with E-state index in [0.29, 0.717) is 10.8 Å². The normalized spacial score (nSPS) is 11.3. The number of benzene rings is 3. The third-order valence-corrected chi connectivity index (χ3v) is 5.09. The molecule has 0 radical (unpaired) electrons. The van der Waals surface area contributed by atoms with Crippen molar-refractivity contribution in [1.29, 1.82) is 0 Å². The van der Waals surface area contributed by atoms with Gasteiger partial charge in [-0.15, -0.1) is 0 Å². The van der Waals surface area contributed by atoms with Gasteiger partial charge in [0.1, 0.15) is 22.8 Å². The highest BCUT2D eigenvalue weighted by atomic mass is 35.5. The molecule has 1 aromatic heterocycles. The van der Waals surface area contributed by atoms with Crippen molar-refractivity contribution >= 4 is 40.1 Å². The summed E-state index contributed by atoms with van der Waals surface area (Å²) >= 11 is 11.7. The lowest BCUT2D eigenvalue weighted by Crippen LogP contribution is -2.18. The van der Waals surface area contributed by atoms with Crippen molar-refractivity contribution in [2.24, 2.45) is 0 Å². The Morgan fingerprint density at radius 2 is 1.63 bits per heavy atom. The molecule has 11 heteroatoms. The van der Waals surface area contributed by atoms with Gasteiger partial charge in [0.2, 0.25) is 11.2 Å². The zero-order chi connectivity index (χ0) is 25.2. The minimum atomic E-state index is -5.07. The lowest BCUT2D eigenvalue weighted by molar-refractivity contribution is -0.154. The maximum absolute atomic E-state index is 13.7. The minimum absolute atomic E-state index is 0.00296. The van der Waals surface area contributed by atoms with Crippen LogP contribution < -0.4 is 19.6 Å². The van der Waals surface area contributed by atoms with Gasteiger partial charge in [0, 0.05) is 11.1 Å². The average Bonchev–Trinajstić information content (AvgIpc) is 2.81. The number of esters is 1. The first kappa shape index (κ1) is 24.4. The fraction of sp³-hybridized carbons (Fsp3) is 0.0833. The van der Waals surface area contributed by atoms with Gasteiger partial charge < -0.3 is 18.6 Å². The Hall–Kier alpha value is -3.69. The molecule has 0 spiro atoms. The van der Waals surface area contributed by atoms with E-state index in [-0.39, 0.29) is 21.9 Å². The van der Waals surface area contributed by atoms with Crippen LogP contribution in [0.4, 0.5) is 13.2 Å². The van der Waals surface area contributed by atoms with Crippen LogP contribution in [0.5, 0.6) is 23.0 Å². The van der Waals surface area contributed by atoms with E-state index in [1.807, 2.05) is 0 Å². The molecule has 0 N–H and O–H groups in total. The Bertz CT molecular complexity index is 1450. The number of rotatable bonds is 6. The lowest BCUT2D eigenvalue weighted by atomic mass is 10.2. The van der Waals surface area contributed by atoms with Gasteiger partial charge in [0.05, 0.1) is 10.4 Å². The second kappa shape index (κ2) is 9.89. The fourth-order valence-electron chi connectivity index (χ4n) is 2.97. The van der Waals surface area contributed by atoms with Crippen LogP contribution >= 0.6 is 23.2 Å². The molecule has 0 aliphatic heterocycles. The molecule has 180 valence electrons. The summed E-state index contributed by atoms with van der Waals surface area (Å²) in [4.78, 5) is 25.0.